The Morgan fingerprint density at radius 2 is 0.0968 bits per heavy atom. The average molecular weight is 2830 g/mol. The molecule has 0 atom stereocenters. The second-order valence-corrected chi connectivity index (χ2v) is 4.24. The van der Waals surface area contributed by atoms with E-state index in [-0.39, 0.29) is 854 Å². The monoisotopic (exact) mass is 2830 g/mol. The van der Waals surface area contributed by atoms with Gasteiger partial charge in [0.05, 0.1) is 52.4 Å². The fraction of sp³-hybridized carbons (Fsp3) is 1.00. The molecule has 0 aromatic heterocycles. The summed E-state index contributed by atoms with van der Waals surface area (Å²) in [4.78, 5) is 0. The molecule has 902 valence electrons. The van der Waals surface area contributed by atoms with Crippen LogP contribution in [0.4, 0.5) is 0 Å². The van der Waals surface area contributed by atoms with Crippen LogP contribution in [-0.2, 0) is 778 Å². The van der Waals surface area contributed by atoms with E-state index < -0.39 is 0 Å². The Kier molecular flexibility index (Phi) is 151000. The first kappa shape index (κ1) is 3680. The van der Waals surface area contributed by atoms with E-state index >= 15 is 0 Å². The first-order chi connectivity index (χ1) is 9.66. The summed E-state index contributed by atoms with van der Waals surface area (Å²) in [6, 6.07) is 0. The van der Waals surface area contributed by atoms with Crippen LogP contribution in [-0.4, -0.2) is 129 Å². The van der Waals surface area contributed by atoms with E-state index in [1.165, 1.54) is 25.7 Å². The van der Waals surface area contributed by atoms with Gasteiger partial charge in [0.1, 0.15) is 0 Å². The van der Waals surface area contributed by atoms with Crippen LogP contribution in [0.3, 0.4) is 0 Å². The molecule has 90 nitrogen and oxygen atoms in total. The van der Waals surface area contributed by atoms with Crippen molar-refractivity contribution in [2.24, 2.45) is 0 Å². The molecule has 0 aromatic carbocycles. The van der Waals surface area contributed by atoms with Crippen LogP contribution in [0, 0.1) is 0 Å². The van der Waals surface area contributed by atoms with E-state index in [0.29, 0.717) is 0 Å². The predicted octanol–water partition coefficient (Wildman–Crippen LogP) is -37.9. The fourth-order valence-corrected chi connectivity index (χ4v) is 0.707. The SMILES string of the molecule is O.O.O.O.O.O.O.O.O.O.O.O.O.O.[Cu+2].[Cu+2].[NH3+]CCC[NH3+].[NH3+]CCC[NH3+].[NH3+]CCC[NH3+].[NH3+]CCC[NH3+].[O-2].[O-2].[O-2].[O-2].[O-2].[O-2].[O-2].[O-2].[O-2].[O-2].[O-2].[O-2].[O-2].[O-2].[O-2].[O-2].[O-2].[O-2].[O-2].[O-2].[O-2].[O-2].[O-2].[O-2].[O-2].[O-2].[O-2].[O-2].[O-2].[O-2].[O-2].[O-2].[O-2].[O-2].[O-2].[O-2].[O-2].[O-2].[O-2].[O-2].[O-2].[O-2].[O-2].[O-2].[O-2].[O-2].[O-2].[O-2].[O-2].[O-2].[O-2].[O-2].[O-2].[O-2].[O-2].[O-2].[OH3+].[OH3+].[OH3+].[OH3+].[OH3+].[OH3+].[OH3+].[OH3+].[OH3+].[OH3+].[OH3+].[OH3+].[V].[V].[V].[V].[V].[V].[V].[V].[V].[V].[V].[V].[V].[V].[V].[V].[V].[V].[V].[V]. The van der Waals surface area contributed by atoms with Crippen molar-refractivity contribution in [3.63, 3.8) is 0 Å². The van der Waals surface area contributed by atoms with Crippen LogP contribution in [0.5, 0.6) is 0 Å². The minimum absolute atomic E-state index is 0. The average Bonchev–Trinajstić information content (AvgIpc) is 2.44. The van der Waals surface area contributed by atoms with Crippen LogP contribution in [0.1, 0.15) is 25.7 Å². The van der Waals surface area contributed by atoms with E-state index in [1.54, 1.807) is 0 Å². The van der Waals surface area contributed by atoms with Gasteiger partial charge in [0.2, 0.25) is 0 Å². The van der Waals surface area contributed by atoms with Crippen LogP contribution >= 0.6 is 0 Å². The normalized spacial score (nSPS) is 1.35. The zero-order valence-electron chi connectivity index (χ0n) is 60.5. The maximum absolute atomic E-state index is 3.64. The molecular formula is C12H112Cu2N8O82V20-88. The number of hydrogen-bond donors (Lipinski definition) is 8. The second kappa shape index (κ2) is 5090. The summed E-state index contributed by atoms with van der Waals surface area (Å²) in [6.07, 6.45) is 4.67. The third kappa shape index (κ3) is 7570. The van der Waals surface area contributed by atoms with Crippen molar-refractivity contribution in [3.8, 4) is 0 Å². The van der Waals surface area contributed by atoms with Crippen LogP contribution < -0.4 is 45.9 Å². The maximum atomic E-state index is 3.64. The third-order valence-corrected chi connectivity index (χ3v) is 2.00. The summed E-state index contributed by atoms with van der Waals surface area (Å²) in [6.45, 7) is 8.25. The second-order valence-electron chi connectivity index (χ2n) is 4.24. The first-order valence-corrected chi connectivity index (χ1v) is 8.00. The Hall–Kier alpha value is 9.13. The van der Waals surface area contributed by atoms with Gasteiger partial charge in [-0.1, -0.05) is 0 Å². The minimum atomic E-state index is 0. The van der Waals surface area contributed by atoms with Gasteiger partial charge in [0.25, 0.3) is 0 Å². The fourth-order valence-electron chi connectivity index (χ4n) is 0.707. The molecule has 0 amide bonds. The van der Waals surface area contributed by atoms with Gasteiger partial charge in [0, 0.05) is 397 Å². The summed E-state index contributed by atoms with van der Waals surface area (Å²) in [7, 11) is 0. The number of hydrogen-bond acceptors (Lipinski definition) is 0. The smallest absolute Gasteiger partial charge is 2.00 e. The standard InChI is InChI=1S/4C3H10N2.2Cu.26H2O.56O.20V/c4*4-2-1-3-5;;;;;;;;;;;;;;;;;;;;;;;;;;;;;;;;;;;;;;;;;;;;;;;;;;;;;;;;;;;;;;;;;;;;;;;;;;;;;;;;;;;;;;;;;;;;;;;;;;;;;;;;/h4*1-5H2;;;26*1H2;;;;;;;;;;;;;;;;;;;;;;;;;;;;;;;;;;;;;;;;;;;;;;;;;;;;;;;;;;;;;;;;;;;;;;;;;;;;/q;;;;2*+2;;;;;;;;;;;;;;;;;;;;;;;;;;;56*-2;;;;;;;;;;;;;;;;;;;;/p+20. The quantitative estimate of drug-likeness (QED) is 0.0830. The topological polar surface area (TPSA) is 2650 Å². The molecule has 0 bridgehead atoms. The molecule has 0 rings (SSSR count). The molecular weight excluding hydrogens is 2710 g/mol. The number of quaternary nitrogens is 8. The first-order valence-electron chi connectivity index (χ1n) is 8.00. The van der Waals surface area contributed by atoms with Gasteiger partial charge < -0.3 is 495 Å². The number of rotatable bonds is 8. The van der Waals surface area contributed by atoms with E-state index in [1.807, 2.05) is 0 Å². The van der Waals surface area contributed by atoms with Crippen molar-refractivity contribution in [1.29, 1.82) is 0 Å². The van der Waals surface area contributed by atoms with Crippen molar-refractivity contribution in [2.75, 3.05) is 52.4 Å². The molecule has 0 heterocycles. The van der Waals surface area contributed by atoms with Crippen LogP contribution in [0.25, 0.3) is 0 Å². The summed E-state index contributed by atoms with van der Waals surface area (Å²) >= 11 is 0. The largest absolute Gasteiger partial charge is 2.00 e. The Balaban J connectivity index is -0.000000000203. The Morgan fingerprint density at radius 1 is 0.0806 bits per heavy atom. The molecule has 22 radical (unpaired) electrons. The van der Waals surface area contributed by atoms with Gasteiger partial charge in [-0.05, 0) is 0 Å². The minimum Gasteiger partial charge on any atom is -2.00 e. The molecule has 112 heteroatoms. The summed E-state index contributed by atoms with van der Waals surface area (Å²) in [5.41, 5.74) is 29.1. The Labute approximate surface area is 967 Å². The Bertz CT molecular complexity index is 240. The molecule has 0 aliphatic carbocycles. The van der Waals surface area contributed by atoms with Gasteiger partial charge in [-0.25, -0.2) is 0 Å². The van der Waals surface area contributed by atoms with Gasteiger partial charge in [-0.3, -0.25) is 0 Å². The molecule has 0 saturated carbocycles. The molecule has 0 spiro atoms. The molecule has 0 saturated heterocycles. The zero-order valence-corrected chi connectivity index (χ0v) is 90.3. The van der Waals surface area contributed by atoms with Gasteiger partial charge in [0.15, 0.2) is 0 Å². The van der Waals surface area contributed by atoms with Crippen LogP contribution in [0.15, 0.2) is 0 Å². The van der Waals surface area contributed by atoms with Crippen molar-refractivity contribution in [2.45, 2.75) is 25.7 Å². The molecule has 0 unspecified atom stereocenters. The van der Waals surface area contributed by atoms with Crippen molar-refractivity contribution < 1.29 is 900 Å². The molecule has 0 fully saturated rings. The van der Waals surface area contributed by atoms with Gasteiger partial charge in [-0.2, -0.15) is 0 Å². The summed E-state index contributed by atoms with van der Waals surface area (Å²) in [5.74, 6) is 0. The van der Waals surface area contributed by atoms with Crippen molar-refractivity contribution in [1.82, 2.24) is 0 Å². The molecule has 0 aliphatic heterocycles. The Morgan fingerprint density at radius 3 is 0.0968 bits per heavy atom. The van der Waals surface area contributed by atoms with E-state index in [0.717, 1.165) is 52.4 Å². The van der Waals surface area contributed by atoms with Crippen LogP contribution in [0.2, 0.25) is 0 Å². The van der Waals surface area contributed by atoms with E-state index in [4.69, 9.17) is 0 Å². The predicted molar refractivity (Wildman–Crippen MR) is 228 cm³/mol. The molecule has 124 heavy (non-hydrogen) atoms. The summed E-state index contributed by atoms with van der Waals surface area (Å²) in [5, 5.41) is 0. The zero-order chi connectivity index (χ0) is 16.5. The van der Waals surface area contributed by atoms with Crippen molar-refractivity contribution in [3.05, 3.63) is 0 Å². The molecule has 0 aliphatic rings. The molecule has 0 aromatic rings. The van der Waals surface area contributed by atoms with E-state index in [9.17, 15) is 0 Å². The maximum Gasteiger partial charge on any atom is 2.00 e. The third-order valence-electron chi connectivity index (χ3n) is 2.00. The summed E-state index contributed by atoms with van der Waals surface area (Å²) < 4.78 is 0. The van der Waals surface area contributed by atoms with E-state index in [2.05, 4.69) is 45.9 Å². The molecule has 88 N–H and O–H groups in total. The van der Waals surface area contributed by atoms with Gasteiger partial charge >= 0.3 is 34.1 Å². The van der Waals surface area contributed by atoms with Gasteiger partial charge in [-0.15, -0.1) is 0 Å². The van der Waals surface area contributed by atoms with Crippen molar-refractivity contribution >= 4 is 0 Å².